The summed E-state index contributed by atoms with van der Waals surface area (Å²) in [5, 5.41) is 15.7. The Balaban J connectivity index is 2.74. The standard InChI is InChI=1S/C9H10N4S/c10-3-1-7-2-4-13-5-8(7)6-14-9(11)12/h2,4-5H,1,6H2,(H3,11,12). The summed E-state index contributed by atoms with van der Waals surface area (Å²) >= 11 is 1.24. The highest BCUT2D eigenvalue weighted by Crippen LogP contribution is 2.15. The first kappa shape index (κ1) is 10.5. The second kappa shape index (κ2) is 5.25. The Morgan fingerprint density at radius 1 is 1.64 bits per heavy atom. The predicted molar refractivity (Wildman–Crippen MR) is 56.8 cm³/mol. The van der Waals surface area contributed by atoms with Gasteiger partial charge in [0.25, 0.3) is 0 Å². The van der Waals surface area contributed by atoms with Crippen LogP contribution in [0, 0.1) is 16.7 Å². The van der Waals surface area contributed by atoms with Gasteiger partial charge in [-0.1, -0.05) is 11.8 Å². The van der Waals surface area contributed by atoms with Gasteiger partial charge < -0.3 is 5.73 Å². The lowest BCUT2D eigenvalue weighted by molar-refractivity contribution is 1.14. The van der Waals surface area contributed by atoms with Gasteiger partial charge in [-0.2, -0.15) is 5.26 Å². The lowest BCUT2D eigenvalue weighted by Crippen LogP contribution is -2.04. The molecule has 1 aromatic heterocycles. The van der Waals surface area contributed by atoms with Gasteiger partial charge in [0, 0.05) is 18.1 Å². The summed E-state index contributed by atoms with van der Waals surface area (Å²) in [6.07, 6.45) is 3.74. The van der Waals surface area contributed by atoms with E-state index in [2.05, 4.69) is 11.1 Å². The van der Waals surface area contributed by atoms with Crippen LogP contribution in [0.4, 0.5) is 0 Å². The fraction of sp³-hybridized carbons (Fsp3) is 0.222. The number of nitrogens with two attached hydrogens (primary N) is 1. The van der Waals surface area contributed by atoms with E-state index in [4.69, 9.17) is 16.4 Å². The van der Waals surface area contributed by atoms with E-state index in [-0.39, 0.29) is 5.17 Å². The van der Waals surface area contributed by atoms with Crippen molar-refractivity contribution in [3.63, 3.8) is 0 Å². The van der Waals surface area contributed by atoms with Crippen molar-refractivity contribution in [2.75, 3.05) is 0 Å². The second-order valence-corrected chi connectivity index (χ2v) is 3.65. The molecular formula is C9H10N4S. The topological polar surface area (TPSA) is 86.5 Å². The smallest absolute Gasteiger partial charge is 0.151 e. The Bertz CT molecular complexity index is 369. The molecule has 0 radical (unpaired) electrons. The summed E-state index contributed by atoms with van der Waals surface area (Å²) in [6.45, 7) is 0. The number of hydrogen-bond acceptors (Lipinski definition) is 4. The molecular weight excluding hydrogens is 196 g/mol. The molecule has 0 aliphatic carbocycles. The van der Waals surface area contributed by atoms with E-state index in [1.165, 1.54) is 11.8 Å². The minimum Gasteiger partial charge on any atom is -0.379 e. The fourth-order valence-corrected chi connectivity index (χ4v) is 1.57. The predicted octanol–water partition coefficient (Wildman–Crippen LogP) is 1.27. The molecule has 0 aliphatic heterocycles. The van der Waals surface area contributed by atoms with Gasteiger partial charge >= 0.3 is 0 Å². The largest absolute Gasteiger partial charge is 0.379 e. The van der Waals surface area contributed by atoms with E-state index in [9.17, 15) is 0 Å². The van der Waals surface area contributed by atoms with Crippen molar-refractivity contribution < 1.29 is 0 Å². The van der Waals surface area contributed by atoms with Crippen LogP contribution >= 0.6 is 11.8 Å². The molecule has 0 aromatic carbocycles. The normalized spacial score (nSPS) is 9.36. The minimum atomic E-state index is 0.0803. The van der Waals surface area contributed by atoms with E-state index < -0.39 is 0 Å². The molecule has 0 fully saturated rings. The number of amidine groups is 1. The molecule has 0 amide bonds. The van der Waals surface area contributed by atoms with Crippen LogP contribution in [0.5, 0.6) is 0 Å². The monoisotopic (exact) mass is 206 g/mol. The molecule has 1 heterocycles. The molecule has 0 saturated carbocycles. The summed E-state index contributed by atoms with van der Waals surface area (Å²) < 4.78 is 0. The van der Waals surface area contributed by atoms with E-state index >= 15 is 0 Å². The van der Waals surface area contributed by atoms with Crippen LogP contribution in [-0.2, 0) is 12.2 Å². The molecule has 4 nitrogen and oxygen atoms in total. The summed E-state index contributed by atoms with van der Waals surface area (Å²) in [4.78, 5) is 3.97. The van der Waals surface area contributed by atoms with Gasteiger partial charge in [-0.25, -0.2) is 0 Å². The van der Waals surface area contributed by atoms with Crippen LogP contribution in [0.25, 0.3) is 0 Å². The molecule has 14 heavy (non-hydrogen) atoms. The minimum absolute atomic E-state index is 0.0803. The van der Waals surface area contributed by atoms with Crippen molar-refractivity contribution in [2.45, 2.75) is 12.2 Å². The van der Waals surface area contributed by atoms with Gasteiger partial charge in [-0.3, -0.25) is 10.4 Å². The zero-order valence-corrected chi connectivity index (χ0v) is 8.34. The van der Waals surface area contributed by atoms with Crippen molar-refractivity contribution in [2.24, 2.45) is 5.73 Å². The first-order chi connectivity index (χ1) is 6.74. The first-order valence-corrected chi connectivity index (χ1v) is 4.98. The number of aromatic nitrogens is 1. The summed E-state index contributed by atoms with van der Waals surface area (Å²) in [5.74, 6) is 0.597. The summed E-state index contributed by atoms with van der Waals surface area (Å²) in [6, 6.07) is 3.91. The number of thioether (sulfide) groups is 1. The van der Waals surface area contributed by atoms with Crippen LogP contribution in [-0.4, -0.2) is 10.2 Å². The highest BCUT2D eigenvalue weighted by atomic mass is 32.2. The van der Waals surface area contributed by atoms with Crippen molar-refractivity contribution in [1.29, 1.82) is 10.7 Å². The number of rotatable bonds is 3. The molecule has 72 valence electrons. The first-order valence-electron chi connectivity index (χ1n) is 3.99. The molecule has 0 aliphatic rings. The Labute approximate surface area is 86.7 Å². The molecule has 0 spiro atoms. The van der Waals surface area contributed by atoms with Crippen molar-refractivity contribution in [1.82, 2.24) is 4.98 Å². The zero-order valence-electron chi connectivity index (χ0n) is 7.53. The van der Waals surface area contributed by atoms with Crippen LogP contribution in [0.3, 0.4) is 0 Å². The van der Waals surface area contributed by atoms with Gasteiger partial charge in [-0.15, -0.1) is 0 Å². The quantitative estimate of drug-likeness (QED) is 0.576. The number of hydrogen-bond donors (Lipinski definition) is 2. The Kier molecular flexibility index (Phi) is 3.95. The third-order valence-corrected chi connectivity index (χ3v) is 2.42. The highest BCUT2D eigenvalue weighted by Gasteiger charge is 2.02. The van der Waals surface area contributed by atoms with Crippen molar-refractivity contribution in [3.05, 3.63) is 29.6 Å². The molecule has 0 bridgehead atoms. The average Bonchev–Trinajstić information content (AvgIpc) is 2.17. The maximum atomic E-state index is 8.58. The van der Waals surface area contributed by atoms with Crippen molar-refractivity contribution >= 4 is 16.9 Å². The number of nitrogens with one attached hydrogen (secondary N) is 1. The third-order valence-electron chi connectivity index (χ3n) is 1.66. The molecule has 1 aromatic rings. The van der Waals surface area contributed by atoms with E-state index in [0.29, 0.717) is 12.2 Å². The van der Waals surface area contributed by atoms with Crippen LogP contribution in [0.2, 0.25) is 0 Å². The van der Waals surface area contributed by atoms with Crippen LogP contribution in [0.15, 0.2) is 18.5 Å². The molecule has 0 saturated heterocycles. The molecule has 0 atom stereocenters. The maximum Gasteiger partial charge on any atom is 0.151 e. The number of nitrogens with zero attached hydrogens (tertiary/aromatic N) is 2. The van der Waals surface area contributed by atoms with Gasteiger partial charge in [0.1, 0.15) is 0 Å². The lowest BCUT2D eigenvalue weighted by Gasteiger charge is -2.04. The summed E-state index contributed by atoms with van der Waals surface area (Å²) in [7, 11) is 0. The Morgan fingerprint density at radius 3 is 3.07 bits per heavy atom. The average molecular weight is 206 g/mol. The number of pyridine rings is 1. The van der Waals surface area contributed by atoms with Crippen LogP contribution < -0.4 is 5.73 Å². The number of nitriles is 1. The van der Waals surface area contributed by atoms with E-state index in [1.807, 2.05) is 6.07 Å². The lowest BCUT2D eigenvalue weighted by atomic mass is 10.1. The van der Waals surface area contributed by atoms with Gasteiger partial charge in [-0.05, 0) is 17.2 Å². The Hall–Kier alpha value is -1.54. The SMILES string of the molecule is N#CCc1ccncc1CSC(=N)N. The van der Waals surface area contributed by atoms with Gasteiger partial charge in [0.15, 0.2) is 5.17 Å². The van der Waals surface area contributed by atoms with Gasteiger partial charge in [0.2, 0.25) is 0 Å². The van der Waals surface area contributed by atoms with Gasteiger partial charge in [0.05, 0.1) is 12.5 Å². The van der Waals surface area contributed by atoms with E-state index in [1.54, 1.807) is 12.4 Å². The summed E-state index contributed by atoms with van der Waals surface area (Å²) in [5.41, 5.74) is 7.15. The molecule has 5 heteroatoms. The van der Waals surface area contributed by atoms with Crippen LogP contribution in [0.1, 0.15) is 11.1 Å². The molecule has 0 unspecified atom stereocenters. The Morgan fingerprint density at radius 2 is 2.43 bits per heavy atom. The van der Waals surface area contributed by atoms with E-state index in [0.717, 1.165) is 11.1 Å². The molecule has 1 rings (SSSR count). The zero-order chi connectivity index (χ0) is 10.4. The maximum absolute atomic E-state index is 8.58. The van der Waals surface area contributed by atoms with Crippen molar-refractivity contribution in [3.8, 4) is 6.07 Å². The highest BCUT2D eigenvalue weighted by molar-refractivity contribution is 8.13. The molecule has 3 N–H and O–H groups in total. The second-order valence-electron chi connectivity index (χ2n) is 2.63. The third kappa shape index (κ3) is 3.07. The fourth-order valence-electron chi connectivity index (χ4n) is 0.999.